The van der Waals surface area contributed by atoms with Gasteiger partial charge in [-0.25, -0.2) is 0 Å². The quantitative estimate of drug-likeness (QED) is 0.908. The zero-order chi connectivity index (χ0) is 14.8. The maximum Gasteiger partial charge on any atom is 0.231 e. The lowest BCUT2D eigenvalue weighted by atomic mass is 10.1. The van der Waals surface area contributed by atoms with Gasteiger partial charge in [-0.3, -0.25) is 4.90 Å². The Morgan fingerprint density at radius 3 is 3.00 bits per heavy atom. The van der Waals surface area contributed by atoms with Gasteiger partial charge in [0.1, 0.15) is 0 Å². The minimum absolute atomic E-state index is 0. The van der Waals surface area contributed by atoms with Gasteiger partial charge in [0.15, 0.2) is 5.82 Å². The second-order valence-electron chi connectivity index (χ2n) is 5.16. The number of hydrogen-bond donors (Lipinski definition) is 1. The van der Waals surface area contributed by atoms with E-state index in [4.69, 9.17) is 27.7 Å². The Labute approximate surface area is 145 Å². The van der Waals surface area contributed by atoms with Crippen molar-refractivity contribution in [2.24, 2.45) is 0 Å². The lowest BCUT2D eigenvalue weighted by Crippen LogP contribution is -2.44. The largest absolute Gasteiger partial charge is 0.339 e. The van der Waals surface area contributed by atoms with E-state index in [-0.39, 0.29) is 18.4 Å². The van der Waals surface area contributed by atoms with Crippen LogP contribution in [0.15, 0.2) is 22.7 Å². The third-order valence-electron chi connectivity index (χ3n) is 3.64. The summed E-state index contributed by atoms with van der Waals surface area (Å²) < 4.78 is 5.35. The van der Waals surface area contributed by atoms with Crippen molar-refractivity contribution in [3.8, 4) is 0 Å². The molecule has 0 saturated carbocycles. The molecule has 1 unspecified atom stereocenters. The van der Waals surface area contributed by atoms with Crippen LogP contribution in [0.2, 0.25) is 10.0 Å². The number of rotatable bonds is 3. The second kappa shape index (κ2) is 7.62. The highest BCUT2D eigenvalue weighted by molar-refractivity contribution is 6.33. The van der Waals surface area contributed by atoms with Crippen molar-refractivity contribution >= 4 is 35.6 Å². The summed E-state index contributed by atoms with van der Waals surface area (Å²) in [5.41, 5.74) is 0.884. The number of piperazine rings is 1. The molecule has 0 amide bonds. The minimum atomic E-state index is 0. The molecule has 0 aliphatic carbocycles. The van der Waals surface area contributed by atoms with Crippen LogP contribution in [0, 0.1) is 0 Å². The van der Waals surface area contributed by atoms with Crippen LogP contribution in [-0.2, 0) is 6.42 Å². The molecule has 1 fully saturated rings. The molecule has 120 valence electrons. The fraction of sp³-hybridized carbons (Fsp3) is 0.429. The van der Waals surface area contributed by atoms with Crippen LogP contribution in [0.4, 0.5) is 0 Å². The highest BCUT2D eigenvalue weighted by Crippen LogP contribution is 2.24. The minimum Gasteiger partial charge on any atom is -0.339 e. The first kappa shape index (κ1) is 17.5. The molecule has 0 radical (unpaired) electrons. The van der Waals surface area contributed by atoms with Gasteiger partial charge in [-0.1, -0.05) is 28.4 Å². The third-order valence-corrected chi connectivity index (χ3v) is 4.25. The predicted molar refractivity (Wildman–Crippen MR) is 89.1 cm³/mol. The van der Waals surface area contributed by atoms with Crippen molar-refractivity contribution in [3.05, 3.63) is 45.5 Å². The van der Waals surface area contributed by atoms with E-state index in [9.17, 15) is 0 Å². The second-order valence-corrected chi connectivity index (χ2v) is 6.00. The van der Waals surface area contributed by atoms with Gasteiger partial charge in [-0.2, -0.15) is 4.98 Å². The Balaban J connectivity index is 0.00000176. The van der Waals surface area contributed by atoms with Crippen LogP contribution >= 0.6 is 35.6 Å². The molecule has 0 spiro atoms. The predicted octanol–water partition coefficient (Wildman–Crippen LogP) is 2.97. The molecule has 3 rings (SSSR count). The Kier molecular flexibility index (Phi) is 6.06. The lowest BCUT2D eigenvalue weighted by molar-refractivity contribution is 0.190. The first-order chi connectivity index (χ1) is 10.1. The number of hydrogen-bond acceptors (Lipinski definition) is 5. The van der Waals surface area contributed by atoms with Crippen LogP contribution in [0.25, 0.3) is 0 Å². The summed E-state index contributed by atoms with van der Waals surface area (Å²) in [6.45, 7) is 2.78. The van der Waals surface area contributed by atoms with Crippen molar-refractivity contribution in [2.75, 3.05) is 26.7 Å². The Morgan fingerprint density at radius 1 is 1.41 bits per heavy atom. The van der Waals surface area contributed by atoms with Crippen molar-refractivity contribution in [2.45, 2.75) is 12.5 Å². The molecule has 22 heavy (non-hydrogen) atoms. The molecule has 5 nitrogen and oxygen atoms in total. The normalized spacial score (nSPS) is 19.0. The fourth-order valence-corrected chi connectivity index (χ4v) is 2.79. The zero-order valence-electron chi connectivity index (χ0n) is 12.1. The van der Waals surface area contributed by atoms with Gasteiger partial charge in [-0.05, 0) is 30.8 Å². The van der Waals surface area contributed by atoms with E-state index in [2.05, 4.69) is 27.4 Å². The van der Waals surface area contributed by atoms with E-state index < -0.39 is 0 Å². The van der Waals surface area contributed by atoms with Gasteiger partial charge >= 0.3 is 0 Å². The first-order valence-electron chi connectivity index (χ1n) is 6.81. The number of aromatic nitrogens is 2. The van der Waals surface area contributed by atoms with E-state index in [0.717, 1.165) is 25.2 Å². The maximum absolute atomic E-state index is 6.16. The van der Waals surface area contributed by atoms with Crippen molar-refractivity contribution in [1.29, 1.82) is 0 Å². The molecule has 1 aromatic carbocycles. The van der Waals surface area contributed by atoms with Crippen molar-refractivity contribution in [3.63, 3.8) is 0 Å². The van der Waals surface area contributed by atoms with Gasteiger partial charge < -0.3 is 9.84 Å². The molecule has 2 aromatic rings. The maximum atomic E-state index is 6.16. The van der Waals surface area contributed by atoms with Crippen LogP contribution in [0.1, 0.15) is 23.3 Å². The Hall–Kier alpha value is -0.850. The van der Waals surface area contributed by atoms with Crippen LogP contribution in [0.3, 0.4) is 0 Å². The van der Waals surface area contributed by atoms with Gasteiger partial charge in [0.05, 0.1) is 12.5 Å². The average molecular weight is 364 g/mol. The van der Waals surface area contributed by atoms with Crippen LogP contribution < -0.4 is 5.32 Å². The van der Waals surface area contributed by atoms with Crippen LogP contribution in [-0.4, -0.2) is 41.7 Å². The molecule has 1 aliphatic rings. The topological polar surface area (TPSA) is 54.2 Å². The monoisotopic (exact) mass is 362 g/mol. The van der Waals surface area contributed by atoms with Gasteiger partial charge in [0.25, 0.3) is 0 Å². The van der Waals surface area contributed by atoms with E-state index in [1.165, 1.54) is 0 Å². The standard InChI is InChI=1S/C14H16Cl2N4O.ClH/c1-20-5-4-17-8-12(20)14-18-13(21-19-14)7-9-6-10(15)2-3-11(9)16;/h2-3,6,12,17H,4-5,7-8H2,1H3;1H. The summed E-state index contributed by atoms with van der Waals surface area (Å²) >= 11 is 12.1. The van der Waals surface area contributed by atoms with E-state index in [0.29, 0.717) is 28.2 Å². The molecular weight excluding hydrogens is 347 g/mol. The summed E-state index contributed by atoms with van der Waals surface area (Å²) in [5.74, 6) is 1.26. The molecule has 2 heterocycles. The molecule has 1 saturated heterocycles. The molecule has 0 bridgehead atoms. The third kappa shape index (κ3) is 3.91. The van der Waals surface area contributed by atoms with Crippen molar-refractivity contribution < 1.29 is 4.52 Å². The molecule has 1 aromatic heterocycles. The zero-order valence-corrected chi connectivity index (χ0v) is 14.4. The van der Waals surface area contributed by atoms with Crippen LogP contribution in [0.5, 0.6) is 0 Å². The van der Waals surface area contributed by atoms with E-state index in [1.807, 2.05) is 6.07 Å². The summed E-state index contributed by atoms with van der Waals surface area (Å²) in [4.78, 5) is 6.71. The molecular formula is C14H17Cl3N4O. The highest BCUT2D eigenvalue weighted by atomic mass is 35.5. The molecule has 1 atom stereocenters. The number of nitrogens with one attached hydrogen (secondary N) is 1. The lowest BCUT2D eigenvalue weighted by Gasteiger charge is -2.30. The smallest absolute Gasteiger partial charge is 0.231 e. The fourth-order valence-electron chi connectivity index (χ4n) is 2.41. The first-order valence-corrected chi connectivity index (χ1v) is 7.56. The number of benzene rings is 1. The molecule has 1 N–H and O–H groups in total. The Morgan fingerprint density at radius 2 is 2.23 bits per heavy atom. The highest BCUT2D eigenvalue weighted by Gasteiger charge is 2.25. The molecule has 8 heteroatoms. The summed E-state index contributed by atoms with van der Waals surface area (Å²) in [5, 5.41) is 8.72. The average Bonchev–Trinajstić information content (AvgIpc) is 2.92. The Bertz CT molecular complexity index is 634. The van der Waals surface area contributed by atoms with Gasteiger partial charge in [0, 0.05) is 29.7 Å². The summed E-state index contributed by atoms with van der Waals surface area (Å²) in [7, 11) is 2.06. The number of likely N-dealkylation sites (N-methyl/N-ethyl adjacent to an activating group) is 1. The SMILES string of the molecule is CN1CCNCC1c1noc(Cc2cc(Cl)ccc2Cl)n1.Cl. The number of halogens is 3. The van der Waals surface area contributed by atoms with E-state index >= 15 is 0 Å². The van der Waals surface area contributed by atoms with Gasteiger partial charge in [0.2, 0.25) is 5.89 Å². The van der Waals surface area contributed by atoms with Crippen molar-refractivity contribution in [1.82, 2.24) is 20.4 Å². The summed E-state index contributed by atoms with van der Waals surface area (Å²) in [6.07, 6.45) is 0.482. The van der Waals surface area contributed by atoms with Gasteiger partial charge in [-0.15, -0.1) is 12.4 Å². The molecule has 1 aliphatic heterocycles. The van der Waals surface area contributed by atoms with E-state index in [1.54, 1.807) is 12.1 Å². The summed E-state index contributed by atoms with van der Waals surface area (Å²) in [6, 6.07) is 5.50. The number of nitrogens with zero attached hydrogens (tertiary/aromatic N) is 3.